The second-order valence-electron chi connectivity index (χ2n) is 6.72. The molecule has 0 saturated heterocycles. The second-order valence-corrected chi connectivity index (χ2v) is 6.72. The van der Waals surface area contributed by atoms with Crippen molar-refractivity contribution >= 4 is 17.4 Å². The SMILES string of the molecule is CC(C)C(=O)Cc1ccc(-c2ccc(NC(=O)C(C)C)cc2)cc1. The number of hydrogen-bond donors (Lipinski definition) is 1. The minimum absolute atomic E-state index is 0.0157. The van der Waals surface area contributed by atoms with Crippen molar-refractivity contribution < 1.29 is 9.59 Å². The largest absolute Gasteiger partial charge is 0.326 e. The minimum atomic E-state index is -0.0363. The number of anilines is 1. The van der Waals surface area contributed by atoms with Crippen molar-refractivity contribution in [3.8, 4) is 11.1 Å². The first-order valence-corrected chi connectivity index (χ1v) is 8.39. The molecule has 0 atom stereocenters. The summed E-state index contributed by atoms with van der Waals surface area (Å²) < 4.78 is 0. The van der Waals surface area contributed by atoms with Crippen LogP contribution in [0.5, 0.6) is 0 Å². The van der Waals surface area contributed by atoms with Crippen LogP contribution in [0.3, 0.4) is 0 Å². The van der Waals surface area contributed by atoms with Crippen LogP contribution in [-0.2, 0) is 16.0 Å². The Bertz CT molecular complexity index is 634. The summed E-state index contributed by atoms with van der Waals surface area (Å²) in [5.41, 5.74) is 4.02. The van der Waals surface area contributed by atoms with E-state index in [1.54, 1.807) is 0 Å². The molecule has 0 unspecified atom stereocenters. The maximum absolute atomic E-state index is 11.8. The normalized spacial score (nSPS) is 10.9. The van der Waals surface area contributed by atoms with Gasteiger partial charge >= 0.3 is 0 Å². The fourth-order valence-electron chi connectivity index (χ4n) is 2.25. The molecule has 1 N–H and O–H groups in total. The summed E-state index contributed by atoms with van der Waals surface area (Å²) in [6, 6.07) is 15.9. The quantitative estimate of drug-likeness (QED) is 0.836. The molecule has 0 aliphatic heterocycles. The van der Waals surface area contributed by atoms with E-state index in [1.807, 2.05) is 76.2 Å². The standard InChI is InChI=1S/C21H25NO2/c1-14(2)20(23)13-16-5-7-17(8-6-16)18-9-11-19(12-10-18)22-21(24)15(3)4/h5-12,14-15H,13H2,1-4H3,(H,22,24). The lowest BCUT2D eigenvalue weighted by molar-refractivity contribution is -0.121. The monoisotopic (exact) mass is 323 g/mol. The van der Waals surface area contributed by atoms with Crippen molar-refractivity contribution in [2.24, 2.45) is 11.8 Å². The van der Waals surface area contributed by atoms with Gasteiger partial charge < -0.3 is 5.32 Å². The van der Waals surface area contributed by atoms with Crippen molar-refractivity contribution in [2.45, 2.75) is 34.1 Å². The highest BCUT2D eigenvalue weighted by Gasteiger charge is 2.09. The Morgan fingerprint density at radius 2 is 1.29 bits per heavy atom. The van der Waals surface area contributed by atoms with Gasteiger partial charge in [-0.2, -0.15) is 0 Å². The molecule has 0 saturated carbocycles. The molecule has 0 spiro atoms. The van der Waals surface area contributed by atoms with Crippen molar-refractivity contribution in [3.63, 3.8) is 0 Å². The van der Waals surface area contributed by atoms with Gasteiger partial charge in [-0.1, -0.05) is 64.1 Å². The van der Waals surface area contributed by atoms with Crippen LogP contribution in [0.1, 0.15) is 33.3 Å². The van der Waals surface area contributed by atoms with Gasteiger partial charge in [-0.05, 0) is 28.8 Å². The highest BCUT2D eigenvalue weighted by atomic mass is 16.1. The van der Waals surface area contributed by atoms with Crippen LogP contribution in [0, 0.1) is 11.8 Å². The fourth-order valence-corrected chi connectivity index (χ4v) is 2.25. The minimum Gasteiger partial charge on any atom is -0.326 e. The lowest BCUT2D eigenvalue weighted by Crippen LogP contribution is -2.17. The van der Waals surface area contributed by atoms with E-state index < -0.39 is 0 Å². The molecule has 0 aliphatic carbocycles. The number of hydrogen-bond acceptors (Lipinski definition) is 2. The Morgan fingerprint density at radius 1 is 0.792 bits per heavy atom. The van der Waals surface area contributed by atoms with Gasteiger partial charge in [0.25, 0.3) is 0 Å². The Balaban J connectivity index is 2.06. The fraction of sp³-hybridized carbons (Fsp3) is 0.333. The summed E-state index contributed by atoms with van der Waals surface area (Å²) in [6.07, 6.45) is 0.484. The Labute approximate surface area is 144 Å². The van der Waals surface area contributed by atoms with Crippen molar-refractivity contribution in [1.82, 2.24) is 0 Å². The topological polar surface area (TPSA) is 46.2 Å². The molecule has 0 fully saturated rings. The summed E-state index contributed by atoms with van der Waals surface area (Å²) in [5.74, 6) is 0.305. The van der Waals surface area contributed by atoms with Crippen LogP contribution in [-0.4, -0.2) is 11.7 Å². The molecular formula is C21H25NO2. The molecule has 0 aliphatic rings. The van der Waals surface area contributed by atoms with E-state index >= 15 is 0 Å². The molecule has 126 valence electrons. The number of ketones is 1. The Kier molecular flexibility index (Phi) is 5.91. The average Bonchev–Trinajstić information content (AvgIpc) is 2.56. The maximum atomic E-state index is 11.8. The summed E-state index contributed by atoms with van der Waals surface area (Å²) in [4.78, 5) is 23.5. The van der Waals surface area contributed by atoms with Gasteiger partial charge in [0.1, 0.15) is 5.78 Å². The van der Waals surface area contributed by atoms with E-state index in [-0.39, 0.29) is 23.5 Å². The molecule has 24 heavy (non-hydrogen) atoms. The molecule has 3 heteroatoms. The number of carbonyl (C=O) groups excluding carboxylic acids is 2. The number of benzene rings is 2. The zero-order chi connectivity index (χ0) is 17.7. The average molecular weight is 323 g/mol. The van der Waals surface area contributed by atoms with Gasteiger partial charge in [0.05, 0.1) is 0 Å². The van der Waals surface area contributed by atoms with Crippen molar-refractivity contribution in [2.75, 3.05) is 5.32 Å². The van der Waals surface area contributed by atoms with Crippen LogP contribution < -0.4 is 5.32 Å². The number of Topliss-reactive ketones (excluding diaryl/α,β-unsaturated/α-hetero) is 1. The summed E-state index contributed by atoms with van der Waals surface area (Å²) in [7, 11) is 0. The van der Waals surface area contributed by atoms with E-state index in [0.29, 0.717) is 6.42 Å². The van der Waals surface area contributed by atoms with Gasteiger partial charge in [0, 0.05) is 23.9 Å². The van der Waals surface area contributed by atoms with Crippen LogP contribution in [0.15, 0.2) is 48.5 Å². The maximum Gasteiger partial charge on any atom is 0.226 e. The van der Waals surface area contributed by atoms with Gasteiger partial charge in [-0.15, -0.1) is 0 Å². The number of amides is 1. The number of rotatable bonds is 6. The van der Waals surface area contributed by atoms with E-state index in [9.17, 15) is 9.59 Å². The zero-order valence-corrected chi connectivity index (χ0v) is 14.8. The molecule has 0 bridgehead atoms. The van der Waals surface area contributed by atoms with Crippen LogP contribution in [0.2, 0.25) is 0 Å². The van der Waals surface area contributed by atoms with Gasteiger partial charge in [0.15, 0.2) is 0 Å². The molecule has 3 nitrogen and oxygen atoms in total. The third-order valence-corrected chi connectivity index (χ3v) is 3.99. The molecule has 2 aromatic carbocycles. The third kappa shape index (κ3) is 4.79. The Morgan fingerprint density at radius 3 is 1.75 bits per heavy atom. The second kappa shape index (κ2) is 7.91. The highest BCUT2D eigenvalue weighted by molar-refractivity contribution is 5.92. The predicted molar refractivity (Wildman–Crippen MR) is 98.9 cm³/mol. The van der Waals surface area contributed by atoms with Crippen molar-refractivity contribution in [3.05, 3.63) is 54.1 Å². The van der Waals surface area contributed by atoms with E-state index in [0.717, 1.165) is 22.4 Å². The third-order valence-electron chi connectivity index (χ3n) is 3.99. The van der Waals surface area contributed by atoms with Gasteiger partial charge in [0.2, 0.25) is 5.91 Å². The molecular weight excluding hydrogens is 298 g/mol. The predicted octanol–water partition coefficient (Wildman–Crippen LogP) is 4.72. The van der Waals surface area contributed by atoms with Crippen LogP contribution >= 0.6 is 0 Å². The molecule has 0 aromatic heterocycles. The molecule has 0 radical (unpaired) electrons. The van der Waals surface area contributed by atoms with Crippen molar-refractivity contribution in [1.29, 1.82) is 0 Å². The zero-order valence-electron chi connectivity index (χ0n) is 14.8. The Hall–Kier alpha value is -2.42. The molecule has 0 heterocycles. The van der Waals surface area contributed by atoms with Crippen LogP contribution in [0.25, 0.3) is 11.1 Å². The summed E-state index contributed by atoms with van der Waals surface area (Å²) in [6.45, 7) is 7.59. The lowest BCUT2D eigenvalue weighted by Gasteiger charge is -2.09. The highest BCUT2D eigenvalue weighted by Crippen LogP contribution is 2.22. The summed E-state index contributed by atoms with van der Waals surface area (Å²) >= 11 is 0. The lowest BCUT2D eigenvalue weighted by atomic mass is 9.98. The summed E-state index contributed by atoms with van der Waals surface area (Å²) in [5, 5.41) is 2.88. The number of nitrogens with one attached hydrogen (secondary N) is 1. The first-order chi connectivity index (χ1) is 11.4. The smallest absolute Gasteiger partial charge is 0.226 e. The van der Waals surface area contributed by atoms with E-state index in [4.69, 9.17) is 0 Å². The first-order valence-electron chi connectivity index (χ1n) is 8.39. The molecule has 2 aromatic rings. The van der Waals surface area contributed by atoms with Gasteiger partial charge in [-0.25, -0.2) is 0 Å². The molecule has 2 rings (SSSR count). The van der Waals surface area contributed by atoms with Crippen LogP contribution in [0.4, 0.5) is 5.69 Å². The first kappa shape index (κ1) is 17.9. The molecule has 1 amide bonds. The number of carbonyl (C=O) groups is 2. The van der Waals surface area contributed by atoms with Gasteiger partial charge in [-0.3, -0.25) is 9.59 Å². The van der Waals surface area contributed by atoms with E-state index in [1.165, 1.54) is 0 Å². The van der Waals surface area contributed by atoms with E-state index in [2.05, 4.69) is 5.32 Å².